The molecule has 0 aliphatic rings. The van der Waals surface area contributed by atoms with Gasteiger partial charge >= 0.3 is 0 Å². The summed E-state index contributed by atoms with van der Waals surface area (Å²) in [5, 5.41) is 11.8. The van der Waals surface area contributed by atoms with Crippen molar-refractivity contribution < 1.29 is 9.50 Å². The molecule has 0 aliphatic heterocycles. The average Bonchev–Trinajstić information content (AvgIpc) is 2.06. The van der Waals surface area contributed by atoms with Crippen LogP contribution in [0.15, 0.2) is 18.2 Å². The van der Waals surface area contributed by atoms with Crippen molar-refractivity contribution in [3.8, 4) is 0 Å². The summed E-state index contributed by atoms with van der Waals surface area (Å²) in [6.45, 7) is 2.00. The highest BCUT2D eigenvalue weighted by molar-refractivity contribution is 5.65. The molecular weight excluding hydrogens is 171 g/mol. The first-order valence-corrected chi connectivity index (χ1v) is 4.06. The molecule has 1 aromatic carbocycles. The molecule has 0 saturated heterocycles. The van der Waals surface area contributed by atoms with E-state index in [1.807, 2.05) is 0 Å². The fraction of sp³-hybridized carbons (Fsp3) is 0.333. The molecule has 0 amide bonds. The van der Waals surface area contributed by atoms with Gasteiger partial charge in [0.2, 0.25) is 0 Å². The highest BCUT2D eigenvalue weighted by Gasteiger charge is 2.01. The van der Waals surface area contributed by atoms with Gasteiger partial charge in [-0.25, -0.2) is 4.39 Å². The van der Waals surface area contributed by atoms with Gasteiger partial charge in [0.25, 0.3) is 0 Å². The van der Waals surface area contributed by atoms with Crippen LogP contribution >= 0.6 is 0 Å². The minimum absolute atomic E-state index is 0.345. The molecule has 0 spiro atoms. The number of nitrogens with one attached hydrogen (secondary N) is 1. The van der Waals surface area contributed by atoms with E-state index in [9.17, 15) is 4.39 Å². The molecule has 4 N–H and O–H groups in total. The van der Waals surface area contributed by atoms with E-state index in [-0.39, 0.29) is 5.82 Å². The Morgan fingerprint density at radius 2 is 2.31 bits per heavy atom. The van der Waals surface area contributed by atoms with Gasteiger partial charge in [0.05, 0.1) is 17.5 Å². The minimum Gasteiger partial charge on any atom is -0.397 e. The number of anilines is 2. The van der Waals surface area contributed by atoms with Crippen LogP contribution in [0.25, 0.3) is 0 Å². The van der Waals surface area contributed by atoms with Crippen LogP contribution in [0.2, 0.25) is 0 Å². The molecule has 0 saturated carbocycles. The minimum atomic E-state index is -0.484. The van der Waals surface area contributed by atoms with Crippen LogP contribution in [0, 0.1) is 5.82 Å². The topological polar surface area (TPSA) is 58.3 Å². The number of hydrogen-bond acceptors (Lipinski definition) is 3. The second-order valence-corrected chi connectivity index (χ2v) is 2.96. The first kappa shape index (κ1) is 9.80. The highest BCUT2D eigenvalue weighted by atomic mass is 19.1. The van der Waals surface area contributed by atoms with E-state index in [0.717, 1.165) is 0 Å². The zero-order valence-corrected chi connectivity index (χ0v) is 7.42. The summed E-state index contributed by atoms with van der Waals surface area (Å²) in [5.41, 5.74) is 6.55. The van der Waals surface area contributed by atoms with Gasteiger partial charge < -0.3 is 16.2 Å². The third-order valence-electron chi connectivity index (χ3n) is 1.60. The molecule has 4 heteroatoms. The number of aliphatic hydroxyl groups excluding tert-OH is 1. The summed E-state index contributed by atoms with van der Waals surface area (Å²) < 4.78 is 12.7. The van der Waals surface area contributed by atoms with Gasteiger partial charge in [-0.05, 0) is 25.1 Å². The molecular formula is C9H13FN2O. The molecule has 3 nitrogen and oxygen atoms in total. The summed E-state index contributed by atoms with van der Waals surface area (Å²) in [6.07, 6.45) is -0.484. The quantitative estimate of drug-likeness (QED) is 0.619. The van der Waals surface area contributed by atoms with Gasteiger partial charge in [0, 0.05) is 6.54 Å². The van der Waals surface area contributed by atoms with Crippen LogP contribution in [-0.2, 0) is 0 Å². The SMILES string of the molecule is CC(O)CNc1cc(F)ccc1N. The molecule has 0 aliphatic carbocycles. The van der Waals surface area contributed by atoms with Gasteiger partial charge in [-0.3, -0.25) is 0 Å². The molecule has 1 aromatic rings. The number of halogens is 1. The van der Waals surface area contributed by atoms with Crippen LogP contribution in [0.5, 0.6) is 0 Å². The van der Waals surface area contributed by atoms with Gasteiger partial charge in [-0.15, -0.1) is 0 Å². The average molecular weight is 184 g/mol. The Bertz CT molecular complexity index is 289. The number of nitrogens with two attached hydrogens (primary N) is 1. The normalized spacial score (nSPS) is 12.5. The molecule has 1 unspecified atom stereocenters. The van der Waals surface area contributed by atoms with Gasteiger partial charge in [0.1, 0.15) is 5.82 Å². The Labute approximate surface area is 76.4 Å². The van der Waals surface area contributed by atoms with Gasteiger partial charge in [-0.2, -0.15) is 0 Å². The molecule has 0 heterocycles. The molecule has 0 fully saturated rings. The molecule has 72 valence electrons. The van der Waals surface area contributed by atoms with Crippen molar-refractivity contribution in [3.63, 3.8) is 0 Å². The van der Waals surface area contributed by atoms with E-state index in [2.05, 4.69) is 5.32 Å². The molecule has 0 radical (unpaired) electrons. The van der Waals surface area contributed by atoms with Crippen LogP contribution in [-0.4, -0.2) is 17.8 Å². The third kappa shape index (κ3) is 2.91. The van der Waals surface area contributed by atoms with E-state index in [1.54, 1.807) is 6.92 Å². The maximum atomic E-state index is 12.7. The lowest BCUT2D eigenvalue weighted by Gasteiger charge is -2.10. The Morgan fingerprint density at radius 3 is 2.92 bits per heavy atom. The van der Waals surface area contributed by atoms with Crippen molar-refractivity contribution in [3.05, 3.63) is 24.0 Å². The summed E-state index contributed by atoms with van der Waals surface area (Å²) >= 11 is 0. The van der Waals surface area contributed by atoms with Crippen LogP contribution < -0.4 is 11.1 Å². The van der Waals surface area contributed by atoms with Crippen molar-refractivity contribution in [2.24, 2.45) is 0 Å². The molecule has 0 bridgehead atoms. The van der Waals surface area contributed by atoms with E-state index < -0.39 is 6.10 Å². The predicted octanol–water partition coefficient (Wildman–Crippen LogP) is 1.20. The Hall–Kier alpha value is -1.29. The molecule has 1 rings (SSSR count). The number of rotatable bonds is 3. The number of nitrogen functional groups attached to an aromatic ring is 1. The van der Waals surface area contributed by atoms with E-state index in [0.29, 0.717) is 17.9 Å². The second kappa shape index (κ2) is 4.09. The third-order valence-corrected chi connectivity index (χ3v) is 1.60. The molecule has 13 heavy (non-hydrogen) atoms. The summed E-state index contributed by atoms with van der Waals surface area (Å²) in [7, 11) is 0. The van der Waals surface area contributed by atoms with Crippen LogP contribution in [0.3, 0.4) is 0 Å². The van der Waals surface area contributed by atoms with Crippen molar-refractivity contribution >= 4 is 11.4 Å². The van der Waals surface area contributed by atoms with Gasteiger partial charge in [-0.1, -0.05) is 0 Å². The predicted molar refractivity (Wildman–Crippen MR) is 51.0 cm³/mol. The van der Waals surface area contributed by atoms with Crippen molar-refractivity contribution in [2.45, 2.75) is 13.0 Å². The van der Waals surface area contributed by atoms with E-state index in [4.69, 9.17) is 10.8 Å². The Balaban J connectivity index is 2.70. The highest BCUT2D eigenvalue weighted by Crippen LogP contribution is 2.18. The summed E-state index contributed by atoms with van der Waals surface area (Å²) in [5.74, 6) is -0.345. The fourth-order valence-electron chi connectivity index (χ4n) is 0.939. The monoisotopic (exact) mass is 184 g/mol. The van der Waals surface area contributed by atoms with Crippen molar-refractivity contribution in [1.29, 1.82) is 0 Å². The maximum absolute atomic E-state index is 12.7. The number of hydrogen-bond donors (Lipinski definition) is 3. The lowest BCUT2D eigenvalue weighted by molar-refractivity contribution is 0.208. The summed E-state index contributed by atoms with van der Waals surface area (Å²) in [6, 6.07) is 4.08. The van der Waals surface area contributed by atoms with Crippen molar-refractivity contribution in [2.75, 3.05) is 17.6 Å². The lowest BCUT2D eigenvalue weighted by Crippen LogP contribution is -2.16. The van der Waals surface area contributed by atoms with Crippen molar-refractivity contribution in [1.82, 2.24) is 0 Å². The zero-order valence-electron chi connectivity index (χ0n) is 7.42. The lowest BCUT2D eigenvalue weighted by atomic mass is 10.2. The van der Waals surface area contributed by atoms with E-state index >= 15 is 0 Å². The van der Waals surface area contributed by atoms with E-state index in [1.165, 1.54) is 18.2 Å². The molecule has 0 aromatic heterocycles. The maximum Gasteiger partial charge on any atom is 0.125 e. The second-order valence-electron chi connectivity index (χ2n) is 2.96. The Morgan fingerprint density at radius 1 is 1.62 bits per heavy atom. The zero-order chi connectivity index (χ0) is 9.84. The van der Waals surface area contributed by atoms with Crippen LogP contribution in [0.1, 0.15) is 6.92 Å². The van der Waals surface area contributed by atoms with Gasteiger partial charge in [0.15, 0.2) is 0 Å². The first-order chi connectivity index (χ1) is 6.09. The fourth-order valence-corrected chi connectivity index (χ4v) is 0.939. The first-order valence-electron chi connectivity index (χ1n) is 4.06. The smallest absolute Gasteiger partial charge is 0.125 e. The number of aliphatic hydroxyl groups is 1. The molecule has 1 atom stereocenters. The van der Waals surface area contributed by atoms with Crippen LogP contribution in [0.4, 0.5) is 15.8 Å². The number of benzene rings is 1. The Kier molecular flexibility index (Phi) is 3.08. The largest absolute Gasteiger partial charge is 0.397 e. The summed E-state index contributed by atoms with van der Waals surface area (Å²) in [4.78, 5) is 0. The standard InChI is InChI=1S/C9H13FN2O/c1-6(13)5-12-9-4-7(10)2-3-8(9)11/h2-4,6,12-13H,5,11H2,1H3.